The molecule has 0 nitrogen and oxygen atoms in total. The summed E-state index contributed by atoms with van der Waals surface area (Å²) >= 11 is 0. The van der Waals surface area contributed by atoms with Crippen LogP contribution in [0.4, 0.5) is 0 Å². The third-order valence-electron chi connectivity index (χ3n) is 5.69. The molecule has 0 amide bonds. The molecule has 2 aromatic rings. The van der Waals surface area contributed by atoms with E-state index in [0.29, 0.717) is 5.92 Å². The zero-order valence-corrected chi connectivity index (χ0v) is 20.8. The van der Waals surface area contributed by atoms with E-state index in [2.05, 4.69) is 107 Å². The maximum absolute atomic E-state index is 3.80. The van der Waals surface area contributed by atoms with Crippen molar-refractivity contribution >= 4 is 14.2 Å². The molecule has 0 aliphatic carbocycles. The van der Waals surface area contributed by atoms with E-state index >= 15 is 0 Å². The molecular formula is C30H39P. The number of hydrogen-bond donors (Lipinski definition) is 0. The molecule has 0 bridgehead atoms. The second-order valence-corrected chi connectivity index (χ2v) is 9.52. The van der Waals surface area contributed by atoms with Crippen molar-refractivity contribution in [3.8, 4) is 0 Å². The molecule has 0 aliphatic rings. The summed E-state index contributed by atoms with van der Waals surface area (Å²) in [6, 6.07) is 18.0. The zero-order chi connectivity index (χ0) is 22.5. The number of rotatable bonds is 12. The summed E-state index contributed by atoms with van der Waals surface area (Å²) < 4.78 is 0. The lowest BCUT2D eigenvalue weighted by Gasteiger charge is -2.12. The van der Waals surface area contributed by atoms with Crippen LogP contribution in [-0.2, 0) is 0 Å². The van der Waals surface area contributed by atoms with Crippen LogP contribution in [0.5, 0.6) is 0 Å². The van der Waals surface area contributed by atoms with Crippen molar-refractivity contribution < 1.29 is 0 Å². The standard InChI is InChI=1S/C30H39P/c1-6-7-8-9-10-14-30(31-5)23-29(28-21-17-25(3)18-22-28)13-11-12-26(4)27-19-15-24(2)16-20-27/h6,9-10,13,15-23,26,31H,1,7-8,11-12,14H2,2-5H3/b10-9-,29-13+,30-23-. The predicted octanol–water partition coefficient (Wildman–Crippen LogP) is 9.38. The van der Waals surface area contributed by atoms with E-state index in [9.17, 15) is 0 Å². The highest BCUT2D eigenvalue weighted by Gasteiger charge is 2.06. The number of aryl methyl sites for hydroxylation is 2. The highest BCUT2D eigenvalue weighted by atomic mass is 31.1. The Bertz CT molecular complexity index is 879. The van der Waals surface area contributed by atoms with Crippen molar-refractivity contribution in [3.63, 3.8) is 0 Å². The second-order valence-electron chi connectivity index (χ2n) is 8.38. The molecule has 1 heteroatoms. The summed E-state index contributed by atoms with van der Waals surface area (Å²) in [5.74, 6) is 0.570. The van der Waals surface area contributed by atoms with Crippen molar-refractivity contribution in [1.82, 2.24) is 0 Å². The van der Waals surface area contributed by atoms with E-state index in [-0.39, 0.29) is 0 Å². The first-order valence-corrected chi connectivity index (χ1v) is 13.0. The molecule has 0 radical (unpaired) electrons. The summed E-state index contributed by atoms with van der Waals surface area (Å²) in [6.07, 6.45) is 16.9. The van der Waals surface area contributed by atoms with Crippen molar-refractivity contribution in [2.45, 2.75) is 58.8 Å². The van der Waals surface area contributed by atoms with Gasteiger partial charge in [-0.15, -0.1) is 6.58 Å². The first kappa shape index (κ1) is 25.1. The Kier molecular flexibility index (Phi) is 11.3. The lowest BCUT2D eigenvalue weighted by Crippen LogP contribution is -1.93. The first-order chi connectivity index (χ1) is 15.0. The molecule has 0 heterocycles. The van der Waals surface area contributed by atoms with Crippen LogP contribution in [0.2, 0.25) is 0 Å². The molecule has 164 valence electrons. The maximum atomic E-state index is 3.80. The maximum Gasteiger partial charge on any atom is -0.00955 e. The van der Waals surface area contributed by atoms with E-state index in [1.54, 1.807) is 0 Å². The number of unbranched alkanes of at least 4 members (excludes halogenated alkanes) is 1. The molecule has 0 fully saturated rings. The highest BCUT2D eigenvalue weighted by Crippen LogP contribution is 2.30. The fraction of sp³-hybridized carbons (Fsp3) is 0.333. The largest absolute Gasteiger partial charge is 0.103 e. The number of hydrogen-bond acceptors (Lipinski definition) is 0. The summed E-state index contributed by atoms with van der Waals surface area (Å²) in [5.41, 5.74) is 6.75. The predicted molar refractivity (Wildman–Crippen MR) is 143 cm³/mol. The topological polar surface area (TPSA) is 0 Å². The van der Waals surface area contributed by atoms with Gasteiger partial charge in [0, 0.05) is 0 Å². The SMILES string of the molecule is C=CCC/C=C\C/C(=C/C(=C\CCC(C)c1ccc(C)cc1)c1ccc(C)cc1)PC. The van der Waals surface area contributed by atoms with Crippen molar-refractivity contribution in [2.75, 3.05) is 6.66 Å². The fourth-order valence-electron chi connectivity index (χ4n) is 3.52. The number of allylic oxidation sites excluding steroid dienone is 7. The van der Waals surface area contributed by atoms with Gasteiger partial charge in [-0.3, -0.25) is 0 Å². The van der Waals surface area contributed by atoms with Gasteiger partial charge in [0.25, 0.3) is 0 Å². The molecule has 0 saturated carbocycles. The minimum absolute atomic E-state index is 0.570. The van der Waals surface area contributed by atoms with E-state index in [4.69, 9.17) is 0 Å². The smallest absolute Gasteiger partial charge is 0.00955 e. The van der Waals surface area contributed by atoms with Crippen molar-refractivity contribution in [3.05, 3.63) is 113 Å². The van der Waals surface area contributed by atoms with Crippen molar-refractivity contribution in [1.29, 1.82) is 0 Å². The Morgan fingerprint density at radius 3 is 2.16 bits per heavy atom. The summed E-state index contributed by atoms with van der Waals surface area (Å²) in [5, 5.41) is 1.51. The van der Waals surface area contributed by atoms with Crippen LogP contribution in [-0.4, -0.2) is 6.66 Å². The average Bonchev–Trinajstić information content (AvgIpc) is 2.78. The molecule has 0 N–H and O–H groups in total. The average molecular weight is 431 g/mol. The van der Waals surface area contributed by atoms with Gasteiger partial charge in [-0.05, 0) is 80.5 Å². The minimum atomic E-state index is 0.570. The molecule has 0 aromatic heterocycles. The molecule has 0 aliphatic heterocycles. The van der Waals surface area contributed by atoms with Gasteiger partial charge >= 0.3 is 0 Å². The third kappa shape index (κ3) is 9.24. The third-order valence-corrected chi connectivity index (χ3v) is 6.68. The molecule has 2 rings (SSSR count). The number of benzene rings is 2. The molecule has 2 aromatic carbocycles. The minimum Gasteiger partial charge on any atom is -0.103 e. The summed E-state index contributed by atoms with van der Waals surface area (Å²) in [7, 11) is 0.822. The Labute approximate surface area is 192 Å². The van der Waals surface area contributed by atoms with E-state index in [1.807, 2.05) is 6.08 Å². The highest BCUT2D eigenvalue weighted by molar-refractivity contribution is 7.42. The second kappa shape index (κ2) is 14.0. The lowest BCUT2D eigenvalue weighted by molar-refractivity contribution is 0.691. The van der Waals surface area contributed by atoms with Gasteiger partial charge in [0.1, 0.15) is 0 Å². The van der Waals surface area contributed by atoms with Gasteiger partial charge in [0.2, 0.25) is 0 Å². The normalized spacial score (nSPS) is 13.9. The van der Waals surface area contributed by atoms with E-state index in [1.165, 1.54) is 33.1 Å². The van der Waals surface area contributed by atoms with Gasteiger partial charge in [-0.25, -0.2) is 0 Å². The molecule has 2 atom stereocenters. The van der Waals surface area contributed by atoms with Gasteiger partial charge in [0.05, 0.1) is 0 Å². The molecule has 2 unspecified atom stereocenters. The Hall–Kier alpha value is -2.17. The molecule has 31 heavy (non-hydrogen) atoms. The Morgan fingerprint density at radius 1 is 0.903 bits per heavy atom. The fourth-order valence-corrected chi connectivity index (χ4v) is 4.14. The Morgan fingerprint density at radius 2 is 1.55 bits per heavy atom. The van der Waals surface area contributed by atoms with Crippen LogP contribution in [0.1, 0.15) is 67.2 Å². The molecular weight excluding hydrogens is 391 g/mol. The van der Waals surface area contributed by atoms with Crippen LogP contribution in [0.25, 0.3) is 5.57 Å². The van der Waals surface area contributed by atoms with Gasteiger partial charge in [0.15, 0.2) is 0 Å². The molecule has 0 saturated heterocycles. The van der Waals surface area contributed by atoms with E-state index < -0.39 is 0 Å². The van der Waals surface area contributed by atoms with Crippen LogP contribution in [0.3, 0.4) is 0 Å². The molecule has 0 spiro atoms. The quantitative estimate of drug-likeness (QED) is 0.136. The van der Waals surface area contributed by atoms with Gasteiger partial charge < -0.3 is 0 Å². The lowest BCUT2D eigenvalue weighted by atomic mass is 9.94. The van der Waals surface area contributed by atoms with Gasteiger partial charge in [-0.1, -0.05) is 106 Å². The van der Waals surface area contributed by atoms with Crippen LogP contribution in [0.15, 0.2) is 90.8 Å². The monoisotopic (exact) mass is 430 g/mol. The summed E-state index contributed by atoms with van der Waals surface area (Å²) in [6.45, 7) is 12.7. The van der Waals surface area contributed by atoms with Crippen LogP contribution in [0, 0.1) is 13.8 Å². The van der Waals surface area contributed by atoms with Gasteiger partial charge in [-0.2, -0.15) is 0 Å². The Balaban J connectivity index is 2.15. The zero-order valence-electron chi connectivity index (χ0n) is 19.8. The summed E-state index contributed by atoms with van der Waals surface area (Å²) in [4.78, 5) is 0. The first-order valence-electron chi connectivity index (χ1n) is 11.5. The van der Waals surface area contributed by atoms with E-state index in [0.717, 1.165) is 40.7 Å². The van der Waals surface area contributed by atoms with Crippen LogP contribution < -0.4 is 0 Å². The van der Waals surface area contributed by atoms with Crippen LogP contribution >= 0.6 is 8.58 Å². The van der Waals surface area contributed by atoms with Crippen molar-refractivity contribution in [2.24, 2.45) is 0 Å².